The number of rotatable bonds is 3. The molecule has 3 heterocycles. The number of piperidine rings is 1. The molecule has 1 atom stereocenters. The molecule has 4 rings (SSSR count). The standard InChI is InChI=1S/C20H20FN3O3S/c1-13-6-4-5-10-22(13)17(25)12-23-16-9-11-28-18(16)19(26)24(20(23)27)15-8-3-2-7-14(15)21/h2-3,7-9,11,13H,4-6,10,12H2,1H3. The van der Waals surface area contributed by atoms with Crippen molar-refractivity contribution in [2.45, 2.75) is 38.8 Å². The van der Waals surface area contributed by atoms with Crippen LogP contribution in [0.4, 0.5) is 4.39 Å². The number of carbonyl (C=O) groups excluding carboxylic acids is 1. The molecule has 1 aliphatic rings. The Kier molecular flexibility index (Phi) is 4.89. The van der Waals surface area contributed by atoms with Crippen LogP contribution in [0.1, 0.15) is 26.2 Å². The molecule has 1 aliphatic heterocycles. The van der Waals surface area contributed by atoms with Crippen LogP contribution in [-0.4, -0.2) is 32.5 Å². The Morgan fingerprint density at radius 2 is 2.00 bits per heavy atom. The van der Waals surface area contributed by atoms with E-state index < -0.39 is 17.1 Å². The molecule has 3 aromatic rings. The Bertz CT molecular complexity index is 1160. The minimum absolute atomic E-state index is 0.111. The number of amides is 1. The molecule has 1 amide bonds. The topological polar surface area (TPSA) is 64.3 Å². The number of hydrogen-bond donors (Lipinski definition) is 0. The fourth-order valence-electron chi connectivity index (χ4n) is 3.78. The molecule has 1 saturated heterocycles. The van der Waals surface area contributed by atoms with Crippen molar-refractivity contribution in [1.82, 2.24) is 14.0 Å². The lowest BCUT2D eigenvalue weighted by molar-refractivity contribution is -0.135. The minimum atomic E-state index is -0.709. The van der Waals surface area contributed by atoms with Crippen LogP contribution < -0.4 is 11.2 Å². The molecule has 28 heavy (non-hydrogen) atoms. The number of benzene rings is 1. The largest absolute Gasteiger partial charge is 0.338 e. The Morgan fingerprint density at radius 1 is 1.21 bits per heavy atom. The molecule has 0 saturated carbocycles. The van der Waals surface area contributed by atoms with Gasteiger partial charge < -0.3 is 4.90 Å². The zero-order valence-corrected chi connectivity index (χ0v) is 16.2. The Balaban J connectivity index is 1.86. The van der Waals surface area contributed by atoms with E-state index >= 15 is 0 Å². The summed E-state index contributed by atoms with van der Waals surface area (Å²) in [5.41, 5.74) is -0.986. The Morgan fingerprint density at radius 3 is 2.75 bits per heavy atom. The highest BCUT2D eigenvalue weighted by Gasteiger charge is 2.25. The first-order valence-corrected chi connectivity index (χ1v) is 10.1. The fraction of sp³-hybridized carbons (Fsp3) is 0.350. The lowest BCUT2D eigenvalue weighted by Gasteiger charge is -2.33. The third kappa shape index (κ3) is 3.07. The first-order valence-electron chi connectivity index (χ1n) is 9.26. The number of hydrogen-bond acceptors (Lipinski definition) is 4. The molecule has 146 valence electrons. The van der Waals surface area contributed by atoms with E-state index in [9.17, 15) is 18.8 Å². The summed E-state index contributed by atoms with van der Waals surface area (Å²) < 4.78 is 16.7. The highest BCUT2D eigenvalue weighted by molar-refractivity contribution is 7.17. The lowest BCUT2D eigenvalue weighted by Crippen LogP contribution is -2.46. The number of fused-ring (bicyclic) bond motifs is 1. The fourth-order valence-corrected chi connectivity index (χ4v) is 4.60. The van der Waals surface area contributed by atoms with E-state index in [0.29, 0.717) is 16.8 Å². The maximum Gasteiger partial charge on any atom is 0.336 e. The first-order chi connectivity index (χ1) is 13.5. The molecule has 2 aromatic heterocycles. The summed E-state index contributed by atoms with van der Waals surface area (Å²) in [6.07, 6.45) is 2.95. The third-order valence-corrected chi connectivity index (χ3v) is 6.16. The molecule has 1 unspecified atom stereocenters. The lowest BCUT2D eigenvalue weighted by atomic mass is 10.0. The summed E-state index contributed by atoms with van der Waals surface area (Å²) in [6, 6.07) is 7.41. The number of carbonyl (C=O) groups is 1. The van der Waals surface area contributed by atoms with Gasteiger partial charge in [-0.2, -0.15) is 0 Å². The molecule has 1 fully saturated rings. The molecular formula is C20H20FN3O3S. The number of para-hydroxylation sites is 1. The van der Waals surface area contributed by atoms with Gasteiger partial charge in [0.05, 0.1) is 11.2 Å². The van der Waals surface area contributed by atoms with Crippen molar-refractivity contribution in [1.29, 1.82) is 0 Å². The van der Waals surface area contributed by atoms with E-state index in [1.54, 1.807) is 22.4 Å². The molecule has 8 heteroatoms. The zero-order chi connectivity index (χ0) is 19.8. The van der Waals surface area contributed by atoms with Crippen LogP contribution in [-0.2, 0) is 11.3 Å². The number of aromatic nitrogens is 2. The van der Waals surface area contributed by atoms with Crippen molar-refractivity contribution >= 4 is 27.5 Å². The molecule has 0 N–H and O–H groups in total. The number of halogens is 1. The van der Waals surface area contributed by atoms with Crippen molar-refractivity contribution < 1.29 is 9.18 Å². The summed E-state index contributed by atoms with van der Waals surface area (Å²) in [7, 11) is 0. The van der Waals surface area contributed by atoms with Gasteiger partial charge in [0.25, 0.3) is 5.56 Å². The van der Waals surface area contributed by atoms with Gasteiger partial charge in [-0.3, -0.25) is 14.2 Å². The van der Waals surface area contributed by atoms with Crippen LogP contribution in [0.15, 0.2) is 45.3 Å². The van der Waals surface area contributed by atoms with Crippen molar-refractivity contribution in [3.05, 3.63) is 62.4 Å². The van der Waals surface area contributed by atoms with Crippen LogP contribution >= 0.6 is 11.3 Å². The number of nitrogens with zero attached hydrogens (tertiary/aromatic N) is 3. The molecular weight excluding hydrogens is 381 g/mol. The zero-order valence-electron chi connectivity index (χ0n) is 15.4. The van der Waals surface area contributed by atoms with Gasteiger partial charge in [0.2, 0.25) is 5.91 Å². The summed E-state index contributed by atoms with van der Waals surface area (Å²) in [4.78, 5) is 40.7. The molecule has 1 aromatic carbocycles. The van der Waals surface area contributed by atoms with E-state index in [1.165, 1.54) is 34.1 Å². The SMILES string of the molecule is CC1CCCCN1C(=O)Cn1c(=O)n(-c2ccccc2F)c(=O)c2sccc21. The van der Waals surface area contributed by atoms with Crippen LogP contribution in [0.2, 0.25) is 0 Å². The van der Waals surface area contributed by atoms with Gasteiger partial charge in [-0.25, -0.2) is 13.8 Å². The minimum Gasteiger partial charge on any atom is -0.338 e. The molecule has 0 bridgehead atoms. The molecule has 0 radical (unpaired) electrons. The number of thiophene rings is 1. The van der Waals surface area contributed by atoms with Gasteiger partial charge in [-0.15, -0.1) is 11.3 Å². The van der Waals surface area contributed by atoms with Crippen molar-refractivity contribution in [2.24, 2.45) is 0 Å². The van der Waals surface area contributed by atoms with Crippen molar-refractivity contribution in [3.63, 3.8) is 0 Å². The maximum atomic E-state index is 14.3. The van der Waals surface area contributed by atoms with Gasteiger partial charge in [-0.1, -0.05) is 12.1 Å². The van der Waals surface area contributed by atoms with Gasteiger partial charge in [0.1, 0.15) is 17.1 Å². The van der Waals surface area contributed by atoms with E-state index in [-0.39, 0.29) is 24.2 Å². The highest BCUT2D eigenvalue weighted by atomic mass is 32.1. The third-order valence-electron chi connectivity index (χ3n) is 5.26. The summed E-state index contributed by atoms with van der Waals surface area (Å²) >= 11 is 1.17. The van der Waals surface area contributed by atoms with E-state index in [1.807, 2.05) is 6.92 Å². The van der Waals surface area contributed by atoms with E-state index in [4.69, 9.17) is 0 Å². The Labute approximate surface area is 164 Å². The summed E-state index contributed by atoms with van der Waals surface area (Å²) in [6.45, 7) is 2.49. The van der Waals surface area contributed by atoms with Crippen LogP contribution in [0.25, 0.3) is 15.9 Å². The average Bonchev–Trinajstić information content (AvgIpc) is 3.17. The second kappa shape index (κ2) is 7.35. The number of likely N-dealkylation sites (tertiary alicyclic amines) is 1. The summed E-state index contributed by atoms with van der Waals surface area (Å²) in [5.74, 6) is -0.833. The van der Waals surface area contributed by atoms with Gasteiger partial charge >= 0.3 is 5.69 Å². The van der Waals surface area contributed by atoms with Gasteiger partial charge in [0, 0.05) is 12.6 Å². The van der Waals surface area contributed by atoms with Gasteiger partial charge in [-0.05, 0) is 49.8 Å². The van der Waals surface area contributed by atoms with Crippen LogP contribution in [0.5, 0.6) is 0 Å². The van der Waals surface area contributed by atoms with Crippen molar-refractivity contribution in [3.8, 4) is 5.69 Å². The first kappa shape index (κ1) is 18.6. The maximum absolute atomic E-state index is 14.3. The second-order valence-corrected chi connectivity index (χ2v) is 7.94. The smallest absolute Gasteiger partial charge is 0.336 e. The molecule has 0 aliphatic carbocycles. The van der Waals surface area contributed by atoms with Crippen molar-refractivity contribution in [2.75, 3.05) is 6.54 Å². The molecule has 6 nitrogen and oxygen atoms in total. The highest BCUT2D eigenvalue weighted by Crippen LogP contribution is 2.20. The quantitative estimate of drug-likeness (QED) is 0.678. The Hall–Kier alpha value is -2.74. The van der Waals surface area contributed by atoms with E-state index in [0.717, 1.165) is 23.8 Å². The van der Waals surface area contributed by atoms with E-state index in [2.05, 4.69) is 0 Å². The van der Waals surface area contributed by atoms with Crippen LogP contribution in [0, 0.1) is 5.82 Å². The van der Waals surface area contributed by atoms with Gasteiger partial charge in [0.15, 0.2) is 0 Å². The monoisotopic (exact) mass is 401 g/mol. The summed E-state index contributed by atoms with van der Waals surface area (Å²) in [5, 5.41) is 1.70. The second-order valence-electron chi connectivity index (χ2n) is 7.03. The molecule has 0 spiro atoms. The average molecular weight is 401 g/mol. The van der Waals surface area contributed by atoms with Crippen LogP contribution in [0.3, 0.4) is 0 Å². The predicted molar refractivity (Wildman–Crippen MR) is 107 cm³/mol. The normalized spacial score (nSPS) is 17.2. The predicted octanol–water partition coefficient (Wildman–Crippen LogP) is 2.75.